The van der Waals surface area contributed by atoms with Gasteiger partial charge in [0.1, 0.15) is 0 Å². The predicted molar refractivity (Wildman–Crippen MR) is 51.5 cm³/mol. The van der Waals surface area contributed by atoms with Gasteiger partial charge in [-0.15, -0.1) is 0 Å². The summed E-state index contributed by atoms with van der Waals surface area (Å²) in [7, 11) is 1.31. The van der Waals surface area contributed by atoms with E-state index >= 15 is 0 Å². The van der Waals surface area contributed by atoms with E-state index in [1.54, 1.807) is 0 Å². The van der Waals surface area contributed by atoms with E-state index in [1.807, 2.05) is 0 Å². The predicted octanol–water partition coefficient (Wildman–Crippen LogP) is 1.12. The van der Waals surface area contributed by atoms with Gasteiger partial charge in [0.25, 0.3) is 0 Å². The maximum atomic E-state index is 11.0. The van der Waals surface area contributed by atoms with Crippen LogP contribution >= 0.6 is 0 Å². The number of carbonyl (C=O) groups is 1. The summed E-state index contributed by atoms with van der Waals surface area (Å²) in [6.45, 7) is 0. The molecule has 1 saturated carbocycles. The lowest BCUT2D eigenvalue weighted by Crippen LogP contribution is -2.26. The highest BCUT2D eigenvalue weighted by Gasteiger charge is 2.37. The minimum atomic E-state index is -0.933. The molecule has 0 aromatic rings. The zero-order valence-corrected chi connectivity index (χ0v) is 8.35. The fourth-order valence-electron chi connectivity index (χ4n) is 2.68. The molecule has 2 aliphatic rings. The standard InChI is InChI=1S/C11H16O3/c1-14-11(13)10(12)6-9-5-7-2-3-8(9)4-7/h2-3,7-10,12H,4-6H2,1H3. The SMILES string of the molecule is COC(=O)C(O)CC1CC2C=CC1C2. The van der Waals surface area contributed by atoms with Gasteiger partial charge in [0.15, 0.2) is 6.10 Å². The van der Waals surface area contributed by atoms with E-state index in [-0.39, 0.29) is 0 Å². The van der Waals surface area contributed by atoms with Crippen LogP contribution in [-0.4, -0.2) is 24.3 Å². The van der Waals surface area contributed by atoms with Crippen LogP contribution in [0.15, 0.2) is 12.2 Å². The van der Waals surface area contributed by atoms with Gasteiger partial charge in [-0.05, 0) is 37.0 Å². The van der Waals surface area contributed by atoms with E-state index < -0.39 is 12.1 Å². The summed E-state index contributed by atoms with van der Waals surface area (Å²) in [6, 6.07) is 0. The number of methoxy groups -OCH3 is 1. The monoisotopic (exact) mass is 196 g/mol. The van der Waals surface area contributed by atoms with Gasteiger partial charge in [-0.2, -0.15) is 0 Å². The number of fused-ring (bicyclic) bond motifs is 2. The van der Waals surface area contributed by atoms with E-state index in [0.717, 1.165) is 6.42 Å². The molecule has 2 aliphatic carbocycles. The summed E-state index contributed by atoms with van der Waals surface area (Å²) in [5.74, 6) is 1.24. The first kappa shape index (κ1) is 9.71. The summed E-state index contributed by atoms with van der Waals surface area (Å²) in [5, 5.41) is 9.51. The van der Waals surface area contributed by atoms with Crippen molar-refractivity contribution in [3.05, 3.63) is 12.2 Å². The fourth-order valence-corrected chi connectivity index (χ4v) is 2.68. The molecule has 4 unspecified atom stereocenters. The van der Waals surface area contributed by atoms with E-state index in [0.29, 0.717) is 24.2 Å². The van der Waals surface area contributed by atoms with Gasteiger partial charge in [-0.3, -0.25) is 0 Å². The number of aliphatic hydroxyl groups is 1. The summed E-state index contributed by atoms with van der Waals surface area (Å²) in [4.78, 5) is 11.0. The van der Waals surface area contributed by atoms with Crippen LogP contribution in [-0.2, 0) is 9.53 Å². The molecule has 0 radical (unpaired) electrons. The lowest BCUT2D eigenvalue weighted by atomic mass is 9.88. The molecule has 1 fully saturated rings. The second-order valence-electron chi connectivity index (χ2n) is 4.31. The molecule has 0 heterocycles. The Labute approximate surface area is 83.8 Å². The van der Waals surface area contributed by atoms with Gasteiger partial charge in [-0.1, -0.05) is 12.2 Å². The fraction of sp³-hybridized carbons (Fsp3) is 0.727. The third-order valence-corrected chi connectivity index (χ3v) is 3.42. The molecule has 0 aromatic carbocycles. The molecule has 0 aromatic heterocycles. The highest BCUT2D eigenvalue weighted by Crippen LogP contribution is 2.45. The van der Waals surface area contributed by atoms with E-state index in [4.69, 9.17) is 0 Å². The van der Waals surface area contributed by atoms with Crippen LogP contribution in [0.4, 0.5) is 0 Å². The Bertz CT molecular complexity index is 259. The smallest absolute Gasteiger partial charge is 0.334 e. The van der Waals surface area contributed by atoms with Crippen molar-refractivity contribution in [3.8, 4) is 0 Å². The van der Waals surface area contributed by atoms with Gasteiger partial charge in [0, 0.05) is 0 Å². The molecule has 0 amide bonds. The molecule has 4 atom stereocenters. The Morgan fingerprint density at radius 1 is 1.57 bits per heavy atom. The maximum absolute atomic E-state index is 11.0. The maximum Gasteiger partial charge on any atom is 0.334 e. The van der Waals surface area contributed by atoms with E-state index in [1.165, 1.54) is 13.5 Å². The van der Waals surface area contributed by atoms with Crippen LogP contribution in [0.25, 0.3) is 0 Å². The van der Waals surface area contributed by atoms with Crippen LogP contribution in [0.3, 0.4) is 0 Å². The number of aliphatic hydroxyl groups excluding tert-OH is 1. The van der Waals surface area contributed by atoms with Gasteiger partial charge in [-0.25, -0.2) is 4.79 Å². The Balaban J connectivity index is 1.87. The third-order valence-electron chi connectivity index (χ3n) is 3.42. The van der Waals surface area contributed by atoms with Crippen LogP contribution in [0.2, 0.25) is 0 Å². The van der Waals surface area contributed by atoms with Gasteiger partial charge < -0.3 is 9.84 Å². The highest BCUT2D eigenvalue weighted by atomic mass is 16.5. The Hall–Kier alpha value is -0.830. The minimum absolute atomic E-state index is 0.471. The number of allylic oxidation sites excluding steroid dienone is 2. The zero-order chi connectivity index (χ0) is 10.1. The lowest BCUT2D eigenvalue weighted by Gasteiger charge is -2.19. The molecule has 3 nitrogen and oxygen atoms in total. The van der Waals surface area contributed by atoms with Crippen LogP contribution < -0.4 is 0 Å². The number of hydrogen-bond acceptors (Lipinski definition) is 3. The normalized spacial score (nSPS) is 36.0. The molecule has 78 valence electrons. The van der Waals surface area contributed by atoms with Crippen molar-refractivity contribution >= 4 is 5.97 Å². The average molecular weight is 196 g/mol. The number of ether oxygens (including phenoxy) is 1. The molecule has 1 N–H and O–H groups in total. The van der Waals surface area contributed by atoms with Gasteiger partial charge >= 0.3 is 5.97 Å². The van der Waals surface area contributed by atoms with Crippen molar-refractivity contribution in [2.45, 2.75) is 25.4 Å². The first-order valence-electron chi connectivity index (χ1n) is 5.15. The molecular weight excluding hydrogens is 180 g/mol. The molecule has 0 saturated heterocycles. The Morgan fingerprint density at radius 2 is 2.36 bits per heavy atom. The molecule has 2 rings (SSSR count). The van der Waals surface area contributed by atoms with E-state index in [9.17, 15) is 9.90 Å². The summed E-state index contributed by atoms with van der Waals surface area (Å²) in [5.41, 5.74) is 0. The average Bonchev–Trinajstić information content (AvgIpc) is 2.77. The number of carbonyl (C=O) groups excluding carboxylic acids is 1. The quantitative estimate of drug-likeness (QED) is 0.543. The number of hydrogen-bond donors (Lipinski definition) is 1. The summed E-state index contributed by atoms with van der Waals surface area (Å²) >= 11 is 0. The molecule has 3 heteroatoms. The summed E-state index contributed by atoms with van der Waals surface area (Å²) < 4.78 is 4.50. The molecule has 0 aliphatic heterocycles. The van der Waals surface area contributed by atoms with Crippen LogP contribution in [0, 0.1) is 17.8 Å². The van der Waals surface area contributed by atoms with Crippen molar-refractivity contribution in [2.24, 2.45) is 17.8 Å². The second-order valence-corrected chi connectivity index (χ2v) is 4.31. The number of rotatable bonds is 3. The van der Waals surface area contributed by atoms with E-state index in [2.05, 4.69) is 16.9 Å². The largest absolute Gasteiger partial charge is 0.467 e. The van der Waals surface area contributed by atoms with Crippen molar-refractivity contribution in [1.29, 1.82) is 0 Å². The minimum Gasteiger partial charge on any atom is -0.467 e. The van der Waals surface area contributed by atoms with Crippen molar-refractivity contribution in [1.82, 2.24) is 0 Å². The van der Waals surface area contributed by atoms with Gasteiger partial charge in [0.05, 0.1) is 7.11 Å². The Kier molecular flexibility index (Phi) is 2.59. The molecule has 2 bridgehead atoms. The lowest BCUT2D eigenvalue weighted by molar-refractivity contribution is -0.151. The summed E-state index contributed by atoms with van der Waals surface area (Å²) in [6.07, 6.45) is 6.43. The highest BCUT2D eigenvalue weighted by molar-refractivity contribution is 5.74. The first-order valence-corrected chi connectivity index (χ1v) is 5.15. The third kappa shape index (κ3) is 1.69. The van der Waals surface area contributed by atoms with Crippen molar-refractivity contribution in [2.75, 3.05) is 7.11 Å². The van der Waals surface area contributed by atoms with Crippen LogP contribution in [0.5, 0.6) is 0 Å². The van der Waals surface area contributed by atoms with Crippen molar-refractivity contribution in [3.63, 3.8) is 0 Å². The second kappa shape index (κ2) is 3.73. The zero-order valence-electron chi connectivity index (χ0n) is 8.35. The Morgan fingerprint density at radius 3 is 2.86 bits per heavy atom. The topological polar surface area (TPSA) is 46.5 Å². The van der Waals surface area contributed by atoms with Gasteiger partial charge in [0.2, 0.25) is 0 Å². The van der Waals surface area contributed by atoms with Crippen molar-refractivity contribution < 1.29 is 14.6 Å². The molecular formula is C11H16O3. The molecule has 14 heavy (non-hydrogen) atoms. The van der Waals surface area contributed by atoms with Crippen LogP contribution in [0.1, 0.15) is 19.3 Å². The first-order chi connectivity index (χ1) is 6.70. The molecule has 0 spiro atoms. The number of esters is 1.